The van der Waals surface area contributed by atoms with Gasteiger partial charge in [0.25, 0.3) is 0 Å². The minimum Gasteiger partial charge on any atom is -0.365 e. The molecule has 4 aromatic rings. The van der Waals surface area contributed by atoms with Crippen LogP contribution in [-0.4, -0.2) is 24.6 Å². The highest BCUT2D eigenvalue weighted by atomic mass is 32.2. The maximum atomic E-state index is 11.7. The van der Waals surface area contributed by atoms with Crippen LogP contribution in [0, 0.1) is 0 Å². The first-order valence-corrected chi connectivity index (χ1v) is 12.9. The third-order valence-corrected chi connectivity index (χ3v) is 6.70. The SMILES string of the molecule is CS(=O)(=O)Nc1ccccc1CNc1nc(C2CC2)nc2scc(-c3ccccc3)c12. The first-order chi connectivity index (χ1) is 15.0. The highest BCUT2D eigenvalue weighted by Gasteiger charge is 2.28. The Morgan fingerprint density at radius 1 is 1.03 bits per heavy atom. The summed E-state index contributed by atoms with van der Waals surface area (Å²) < 4.78 is 26.1. The molecule has 0 unspecified atom stereocenters. The van der Waals surface area contributed by atoms with Crippen molar-refractivity contribution >= 4 is 43.1 Å². The summed E-state index contributed by atoms with van der Waals surface area (Å²) in [5, 5.41) is 6.61. The number of benzene rings is 2. The number of hydrogen-bond acceptors (Lipinski definition) is 6. The number of rotatable bonds is 7. The summed E-state index contributed by atoms with van der Waals surface area (Å²) in [4.78, 5) is 10.7. The van der Waals surface area contributed by atoms with E-state index in [1.54, 1.807) is 17.4 Å². The van der Waals surface area contributed by atoms with E-state index in [4.69, 9.17) is 9.97 Å². The van der Waals surface area contributed by atoms with Gasteiger partial charge in [0.05, 0.1) is 17.3 Å². The molecule has 1 aliphatic carbocycles. The van der Waals surface area contributed by atoms with Crippen LogP contribution in [0.25, 0.3) is 21.3 Å². The number of nitrogens with one attached hydrogen (secondary N) is 2. The number of aromatic nitrogens is 2. The molecule has 0 atom stereocenters. The van der Waals surface area contributed by atoms with Crippen molar-refractivity contribution in [1.29, 1.82) is 0 Å². The molecule has 0 bridgehead atoms. The molecule has 6 nitrogen and oxygen atoms in total. The smallest absolute Gasteiger partial charge is 0.229 e. The van der Waals surface area contributed by atoms with Crippen LogP contribution in [-0.2, 0) is 16.6 Å². The molecule has 0 aliphatic heterocycles. The quantitative estimate of drug-likeness (QED) is 0.403. The summed E-state index contributed by atoms with van der Waals surface area (Å²) in [6, 6.07) is 17.6. The fourth-order valence-electron chi connectivity index (χ4n) is 3.59. The van der Waals surface area contributed by atoms with E-state index in [0.29, 0.717) is 18.2 Å². The second-order valence-electron chi connectivity index (χ2n) is 7.79. The number of anilines is 2. The van der Waals surface area contributed by atoms with Gasteiger partial charge in [0.2, 0.25) is 10.0 Å². The molecule has 2 heterocycles. The van der Waals surface area contributed by atoms with Crippen LogP contribution >= 0.6 is 11.3 Å². The maximum Gasteiger partial charge on any atom is 0.229 e. The largest absolute Gasteiger partial charge is 0.365 e. The summed E-state index contributed by atoms with van der Waals surface area (Å²) in [5.41, 5.74) is 3.65. The Labute approximate surface area is 185 Å². The summed E-state index contributed by atoms with van der Waals surface area (Å²) >= 11 is 1.63. The zero-order valence-electron chi connectivity index (χ0n) is 17.0. The molecule has 0 radical (unpaired) electrons. The van der Waals surface area contributed by atoms with E-state index < -0.39 is 10.0 Å². The zero-order chi connectivity index (χ0) is 21.4. The lowest BCUT2D eigenvalue weighted by Crippen LogP contribution is -2.13. The van der Waals surface area contributed by atoms with Gasteiger partial charge in [-0.15, -0.1) is 11.3 Å². The Morgan fingerprint density at radius 3 is 2.52 bits per heavy atom. The number of hydrogen-bond donors (Lipinski definition) is 2. The van der Waals surface area contributed by atoms with E-state index in [1.807, 2.05) is 36.4 Å². The van der Waals surface area contributed by atoms with Crippen molar-refractivity contribution in [1.82, 2.24) is 9.97 Å². The molecule has 2 aromatic carbocycles. The van der Waals surface area contributed by atoms with Crippen LogP contribution in [0.15, 0.2) is 60.0 Å². The second kappa shape index (κ2) is 7.94. The highest BCUT2D eigenvalue weighted by molar-refractivity contribution is 7.92. The fourth-order valence-corrected chi connectivity index (χ4v) is 5.15. The van der Waals surface area contributed by atoms with Crippen LogP contribution in [0.2, 0.25) is 0 Å². The normalized spacial score (nSPS) is 14.0. The molecule has 2 N–H and O–H groups in total. The Balaban J connectivity index is 1.54. The minimum atomic E-state index is -3.36. The topological polar surface area (TPSA) is 84.0 Å². The zero-order valence-corrected chi connectivity index (χ0v) is 18.6. The molecule has 1 aliphatic rings. The van der Waals surface area contributed by atoms with Crippen LogP contribution in [0.1, 0.15) is 30.1 Å². The van der Waals surface area contributed by atoms with Gasteiger partial charge < -0.3 is 5.32 Å². The third-order valence-electron chi connectivity index (χ3n) is 5.24. The molecule has 0 amide bonds. The van der Waals surface area contributed by atoms with Gasteiger partial charge in [-0.2, -0.15) is 0 Å². The molecular weight excluding hydrogens is 428 g/mol. The number of para-hydroxylation sites is 1. The molecule has 0 spiro atoms. The molecular formula is C23H22N4O2S2. The number of sulfonamides is 1. The first-order valence-electron chi connectivity index (χ1n) is 10.1. The molecule has 5 rings (SSSR count). The predicted molar refractivity (Wildman–Crippen MR) is 127 cm³/mol. The van der Waals surface area contributed by atoms with Gasteiger partial charge in [0, 0.05) is 23.4 Å². The summed E-state index contributed by atoms with van der Waals surface area (Å²) in [5.74, 6) is 2.12. The van der Waals surface area contributed by atoms with Crippen LogP contribution < -0.4 is 10.0 Å². The van der Waals surface area contributed by atoms with Crippen molar-refractivity contribution in [2.75, 3.05) is 16.3 Å². The summed E-state index contributed by atoms with van der Waals surface area (Å²) in [6.45, 7) is 0.443. The molecule has 2 aromatic heterocycles. The number of nitrogens with zero attached hydrogens (tertiary/aromatic N) is 2. The first kappa shape index (κ1) is 20.0. The van der Waals surface area contributed by atoms with E-state index in [9.17, 15) is 8.42 Å². The van der Waals surface area contributed by atoms with Gasteiger partial charge in [0.1, 0.15) is 16.5 Å². The van der Waals surface area contributed by atoms with Crippen molar-refractivity contribution in [3.05, 3.63) is 71.4 Å². The van der Waals surface area contributed by atoms with Crippen molar-refractivity contribution in [3.63, 3.8) is 0 Å². The second-order valence-corrected chi connectivity index (χ2v) is 10.4. The number of thiophene rings is 1. The highest BCUT2D eigenvalue weighted by Crippen LogP contribution is 2.42. The maximum absolute atomic E-state index is 11.7. The lowest BCUT2D eigenvalue weighted by Gasteiger charge is -2.14. The Kier molecular flexibility index (Phi) is 5.11. The summed E-state index contributed by atoms with van der Waals surface area (Å²) in [7, 11) is -3.36. The molecule has 1 saturated carbocycles. The van der Waals surface area contributed by atoms with Crippen LogP contribution in [0.4, 0.5) is 11.5 Å². The van der Waals surface area contributed by atoms with Gasteiger partial charge in [-0.3, -0.25) is 4.72 Å². The molecule has 8 heteroatoms. The monoisotopic (exact) mass is 450 g/mol. The van der Waals surface area contributed by atoms with Gasteiger partial charge in [0.15, 0.2) is 0 Å². The fraction of sp³-hybridized carbons (Fsp3) is 0.217. The Morgan fingerprint density at radius 2 is 1.77 bits per heavy atom. The van der Waals surface area contributed by atoms with Crippen LogP contribution in [0.5, 0.6) is 0 Å². The lowest BCUT2D eigenvalue weighted by molar-refractivity contribution is 0.606. The van der Waals surface area contributed by atoms with Gasteiger partial charge in [-0.1, -0.05) is 48.5 Å². The van der Waals surface area contributed by atoms with E-state index >= 15 is 0 Å². The van der Waals surface area contributed by atoms with E-state index in [1.165, 1.54) is 0 Å². The molecule has 0 saturated heterocycles. The molecule has 158 valence electrons. The van der Waals surface area contributed by atoms with E-state index in [-0.39, 0.29) is 0 Å². The lowest BCUT2D eigenvalue weighted by atomic mass is 10.1. The average Bonchev–Trinajstić information content (AvgIpc) is 3.51. The average molecular weight is 451 g/mol. The molecule has 31 heavy (non-hydrogen) atoms. The van der Waals surface area contributed by atoms with Crippen LogP contribution in [0.3, 0.4) is 0 Å². The van der Waals surface area contributed by atoms with Gasteiger partial charge >= 0.3 is 0 Å². The standard InChI is InChI=1S/C23H22N4O2S2/c1-31(28,29)27-19-10-6-5-9-17(19)13-24-22-20-18(15-7-3-2-4-8-15)14-30-23(20)26-21(25-22)16-11-12-16/h2-10,14,16,27H,11-13H2,1H3,(H,24,25,26). The van der Waals surface area contributed by atoms with E-state index in [0.717, 1.165) is 57.6 Å². The van der Waals surface area contributed by atoms with Crippen molar-refractivity contribution in [2.24, 2.45) is 0 Å². The van der Waals surface area contributed by atoms with Crippen molar-refractivity contribution in [2.45, 2.75) is 25.3 Å². The number of fused-ring (bicyclic) bond motifs is 1. The van der Waals surface area contributed by atoms with Gasteiger partial charge in [-0.25, -0.2) is 18.4 Å². The van der Waals surface area contributed by atoms with Crippen molar-refractivity contribution < 1.29 is 8.42 Å². The molecule has 1 fully saturated rings. The summed E-state index contributed by atoms with van der Waals surface area (Å²) in [6.07, 6.45) is 3.41. The van der Waals surface area contributed by atoms with Crippen molar-refractivity contribution in [3.8, 4) is 11.1 Å². The third kappa shape index (κ3) is 4.40. The Bertz CT molecular complexity index is 1350. The Hall–Kier alpha value is -2.97. The van der Waals surface area contributed by atoms with Gasteiger partial charge in [-0.05, 0) is 30.0 Å². The minimum absolute atomic E-state index is 0.436. The predicted octanol–water partition coefficient (Wildman–Crippen LogP) is 5.22. The van der Waals surface area contributed by atoms with E-state index in [2.05, 4.69) is 27.6 Å².